The summed E-state index contributed by atoms with van der Waals surface area (Å²) < 4.78 is 6.60. The number of nitrogens with zero attached hydrogens (tertiary/aromatic N) is 3. The van der Waals surface area contributed by atoms with Crippen molar-refractivity contribution in [2.45, 2.75) is 38.4 Å². The molecule has 0 radical (unpaired) electrons. The topological polar surface area (TPSA) is 103 Å². The standard InChI is InChI=1S/C19H24N4O4S/c1-5-27-18(26)10-17-21-22-19(23(17)4)28-11-16(25)15-8-6-14(7-9-15)12(2)20-13(3)24/h6-9,12H,5,10-11H2,1-4H3,(H,20,24)/t12-/m1/s1. The molecule has 1 aromatic carbocycles. The van der Waals surface area contributed by atoms with Crippen LogP contribution in [0.1, 0.15) is 48.6 Å². The largest absolute Gasteiger partial charge is 0.466 e. The van der Waals surface area contributed by atoms with E-state index in [0.29, 0.717) is 23.2 Å². The Kier molecular flexibility index (Phi) is 7.74. The summed E-state index contributed by atoms with van der Waals surface area (Å²) in [7, 11) is 1.75. The highest BCUT2D eigenvalue weighted by molar-refractivity contribution is 7.99. The maximum atomic E-state index is 12.4. The molecule has 150 valence electrons. The van der Waals surface area contributed by atoms with Crippen LogP contribution in [-0.4, -0.2) is 44.8 Å². The van der Waals surface area contributed by atoms with Gasteiger partial charge in [-0.3, -0.25) is 14.4 Å². The monoisotopic (exact) mass is 404 g/mol. The molecule has 0 saturated carbocycles. The first-order valence-corrected chi connectivity index (χ1v) is 9.87. The Balaban J connectivity index is 1.94. The van der Waals surface area contributed by atoms with Crippen LogP contribution in [0.3, 0.4) is 0 Å². The molecule has 0 saturated heterocycles. The highest BCUT2D eigenvalue weighted by atomic mass is 32.2. The van der Waals surface area contributed by atoms with Gasteiger partial charge in [-0.05, 0) is 19.4 Å². The maximum absolute atomic E-state index is 12.4. The fourth-order valence-corrected chi connectivity index (χ4v) is 3.35. The molecule has 1 atom stereocenters. The zero-order chi connectivity index (χ0) is 20.7. The molecule has 2 aromatic rings. The van der Waals surface area contributed by atoms with Crippen molar-refractivity contribution in [1.82, 2.24) is 20.1 Å². The summed E-state index contributed by atoms with van der Waals surface area (Å²) in [5.74, 6) is 0.184. The van der Waals surface area contributed by atoms with E-state index in [1.165, 1.54) is 18.7 Å². The average Bonchev–Trinajstić information content (AvgIpc) is 2.99. The third-order valence-electron chi connectivity index (χ3n) is 4.02. The summed E-state index contributed by atoms with van der Waals surface area (Å²) in [6, 6.07) is 7.04. The highest BCUT2D eigenvalue weighted by Gasteiger charge is 2.16. The molecular weight excluding hydrogens is 380 g/mol. The number of ether oxygens (including phenoxy) is 1. The number of benzene rings is 1. The van der Waals surface area contributed by atoms with Crippen LogP contribution in [0.15, 0.2) is 29.4 Å². The number of hydrogen-bond donors (Lipinski definition) is 1. The quantitative estimate of drug-likeness (QED) is 0.388. The Morgan fingerprint density at radius 1 is 1.21 bits per heavy atom. The first kappa shape index (κ1) is 21.6. The first-order chi connectivity index (χ1) is 13.3. The molecule has 8 nitrogen and oxygen atoms in total. The maximum Gasteiger partial charge on any atom is 0.313 e. The number of ketones is 1. The van der Waals surface area contributed by atoms with E-state index in [9.17, 15) is 14.4 Å². The summed E-state index contributed by atoms with van der Waals surface area (Å²) in [5, 5.41) is 11.4. The molecule has 0 unspecified atom stereocenters. The van der Waals surface area contributed by atoms with Gasteiger partial charge in [0.05, 0.1) is 18.4 Å². The molecule has 0 aliphatic rings. The van der Waals surface area contributed by atoms with Gasteiger partial charge in [0.25, 0.3) is 0 Å². The van der Waals surface area contributed by atoms with Crippen molar-refractivity contribution in [3.05, 3.63) is 41.2 Å². The van der Waals surface area contributed by atoms with Crippen LogP contribution in [0.25, 0.3) is 0 Å². The third-order valence-corrected chi connectivity index (χ3v) is 5.04. The molecule has 0 spiro atoms. The minimum atomic E-state index is -0.362. The smallest absolute Gasteiger partial charge is 0.313 e. The minimum absolute atomic E-state index is 0.0415. The van der Waals surface area contributed by atoms with Gasteiger partial charge < -0.3 is 14.6 Å². The van der Waals surface area contributed by atoms with Crippen molar-refractivity contribution in [2.24, 2.45) is 7.05 Å². The van der Waals surface area contributed by atoms with Gasteiger partial charge in [-0.1, -0.05) is 36.0 Å². The van der Waals surface area contributed by atoms with Crippen LogP contribution in [0.2, 0.25) is 0 Å². The van der Waals surface area contributed by atoms with E-state index in [-0.39, 0.29) is 35.9 Å². The number of amides is 1. The van der Waals surface area contributed by atoms with Crippen molar-refractivity contribution >= 4 is 29.4 Å². The van der Waals surface area contributed by atoms with Crippen LogP contribution in [0.4, 0.5) is 0 Å². The van der Waals surface area contributed by atoms with Gasteiger partial charge in [0.1, 0.15) is 12.2 Å². The normalized spacial score (nSPS) is 11.7. The first-order valence-electron chi connectivity index (χ1n) is 8.88. The lowest BCUT2D eigenvalue weighted by molar-refractivity contribution is -0.142. The Morgan fingerprint density at radius 3 is 2.50 bits per heavy atom. The van der Waals surface area contributed by atoms with Crippen LogP contribution in [0, 0.1) is 0 Å². The van der Waals surface area contributed by atoms with Gasteiger partial charge in [-0.2, -0.15) is 0 Å². The van der Waals surface area contributed by atoms with E-state index in [1.807, 2.05) is 19.1 Å². The summed E-state index contributed by atoms with van der Waals surface area (Å²) in [6.07, 6.45) is 0.0415. The van der Waals surface area contributed by atoms with Crippen LogP contribution in [-0.2, 0) is 27.8 Å². The lowest BCUT2D eigenvalue weighted by Crippen LogP contribution is -2.23. The van der Waals surface area contributed by atoms with Crippen molar-refractivity contribution in [3.63, 3.8) is 0 Å². The van der Waals surface area contributed by atoms with Crippen molar-refractivity contribution < 1.29 is 19.1 Å². The van der Waals surface area contributed by atoms with Crippen molar-refractivity contribution in [2.75, 3.05) is 12.4 Å². The minimum Gasteiger partial charge on any atom is -0.466 e. The molecule has 0 aliphatic heterocycles. The molecule has 2 rings (SSSR count). The molecular formula is C19H24N4O4S. The number of aromatic nitrogens is 3. The second kappa shape index (κ2) is 10.0. The van der Waals surface area contributed by atoms with Gasteiger partial charge >= 0.3 is 5.97 Å². The number of carbonyl (C=O) groups excluding carboxylic acids is 3. The number of Topliss-reactive ketones (excluding diaryl/α,β-unsaturated/α-hetero) is 1. The highest BCUT2D eigenvalue weighted by Crippen LogP contribution is 2.19. The van der Waals surface area contributed by atoms with E-state index in [4.69, 9.17) is 4.74 Å². The molecule has 28 heavy (non-hydrogen) atoms. The summed E-state index contributed by atoms with van der Waals surface area (Å²) in [6.45, 7) is 5.41. The van der Waals surface area contributed by atoms with Crippen LogP contribution >= 0.6 is 11.8 Å². The molecule has 0 bridgehead atoms. The van der Waals surface area contributed by atoms with E-state index in [0.717, 1.165) is 5.56 Å². The van der Waals surface area contributed by atoms with Gasteiger partial charge in [-0.15, -0.1) is 10.2 Å². The summed E-state index contributed by atoms with van der Waals surface area (Å²) in [4.78, 5) is 35.1. The number of carbonyl (C=O) groups is 3. The lowest BCUT2D eigenvalue weighted by Gasteiger charge is -2.13. The van der Waals surface area contributed by atoms with Crippen LogP contribution < -0.4 is 5.32 Å². The van der Waals surface area contributed by atoms with Gasteiger partial charge in [0.2, 0.25) is 5.91 Å². The third kappa shape index (κ3) is 5.91. The summed E-state index contributed by atoms with van der Waals surface area (Å²) >= 11 is 1.26. The fourth-order valence-electron chi connectivity index (χ4n) is 2.53. The SMILES string of the molecule is CCOC(=O)Cc1nnc(SCC(=O)c2ccc([C@@H](C)NC(C)=O)cc2)n1C. The predicted molar refractivity (Wildman–Crippen MR) is 105 cm³/mol. The van der Waals surface area contributed by atoms with Gasteiger partial charge in [0.15, 0.2) is 10.9 Å². The molecule has 9 heteroatoms. The average molecular weight is 404 g/mol. The zero-order valence-corrected chi connectivity index (χ0v) is 17.2. The Hall–Kier alpha value is -2.68. The number of rotatable bonds is 9. The molecule has 1 aromatic heterocycles. The molecule has 1 heterocycles. The Labute approximate surface area is 168 Å². The molecule has 1 N–H and O–H groups in total. The predicted octanol–water partition coefficient (Wildman–Crippen LogP) is 2.09. The van der Waals surface area contributed by atoms with Crippen molar-refractivity contribution in [1.29, 1.82) is 0 Å². The number of nitrogens with one attached hydrogen (secondary N) is 1. The second-order valence-electron chi connectivity index (χ2n) is 6.20. The number of hydrogen-bond acceptors (Lipinski definition) is 7. The zero-order valence-electron chi connectivity index (χ0n) is 16.4. The Bertz CT molecular complexity index is 848. The van der Waals surface area contributed by atoms with Gasteiger partial charge in [0, 0.05) is 19.5 Å². The van der Waals surface area contributed by atoms with E-state index in [2.05, 4.69) is 15.5 Å². The molecule has 0 aliphatic carbocycles. The fraction of sp³-hybridized carbons (Fsp3) is 0.421. The van der Waals surface area contributed by atoms with Crippen molar-refractivity contribution in [3.8, 4) is 0 Å². The lowest BCUT2D eigenvalue weighted by atomic mass is 10.0. The Morgan fingerprint density at radius 2 is 1.89 bits per heavy atom. The second-order valence-corrected chi connectivity index (χ2v) is 7.14. The summed E-state index contributed by atoms with van der Waals surface area (Å²) in [5.41, 5.74) is 1.51. The number of esters is 1. The van der Waals surface area contributed by atoms with E-state index >= 15 is 0 Å². The van der Waals surface area contributed by atoms with E-state index < -0.39 is 0 Å². The van der Waals surface area contributed by atoms with Crippen LogP contribution in [0.5, 0.6) is 0 Å². The van der Waals surface area contributed by atoms with E-state index in [1.54, 1.807) is 30.7 Å². The molecule has 1 amide bonds. The van der Waals surface area contributed by atoms with Gasteiger partial charge in [-0.25, -0.2) is 0 Å². The molecule has 0 fully saturated rings. The number of thioether (sulfide) groups is 1.